The molecular formula is C19H28N2O. The highest BCUT2D eigenvalue weighted by molar-refractivity contribution is 5.82. The van der Waals surface area contributed by atoms with Gasteiger partial charge in [-0.05, 0) is 43.7 Å². The van der Waals surface area contributed by atoms with Gasteiger partial charge in [0.1, 0.15) is 0 Å². The van der Waals surface area contributed by atoms with Gasteiger partial charge in [-0.25, -0.2) is 0 Å². The van der Waals surface area contributed by atoms with Crippen molar-refractivity contribution in [2.45, 2.75) is 64.1 Å². The molecule has 1 aromatic rings. The zero-order valence-electron chi connectivity index (χ0n) is 13.6. The molecule has 1 saturated heterocycles. The zero-order valence-corrected chi connectivity index (χ0v) is 13.6. The van der Waals surface area contributed by atoms with Crippen molar-refractivity contribution in [3.8, 4) is 0 Å². The largest absolute Gasteiger partial charge is 0.352 e. The number of hydrogen-bond donors (Lipinski definition) is 1. The number of likely N-dealkylation sites (tertiary alicyclic amines) is 1. The van der Waals surface area contributed by atoms with Gasteiger partial charge in [-0.1, -0.05) is 50.1 Å². The Morgan fingerprint density at radius 3 is 2.77 bits per heavy atom. The summed E-state index contributed by atoms with van der Waals surface area (Å²) >= 11 is 0. The highest BCUT2D eigenvalue weighted by Gasteiger charge is 2.32. The standard InChI is InChI=1S/C19H28N2O/c1-15-7-5-10-17(13-15)20-19(22)18-11-6-12-21(18)14-16-8-3-2-4-9-16/h2-4,8-9,15,17-18H,5-7,10-14H2,1H3,(H,20,22). The molecule has 1 saturated carbocycles. The molecule has 2 fully saturated rings. The second-order valence-corrected chi connectivity index (χ2v) is 7.09. The van der Waals surface area contributed by atoms with Crippen molar-refractivity contribution in [3.63, 3.8) is 0 Å². The van der Waals surface area contributed by atoms with E-state index in [-0.39, 0.29) is 11.9 Å². The van der Waals surface area contributed by atoms with Gasteiger partial charge in [-0.2, -0.15) is 0 Å². The normalized spacial score (nSPS) is 29.4. The Morgan fingerprint density at radius 1 is 1.18 bits per heavy atom. The first-order valence-corrected chi connectivity index (χ1v) is 8.80. The molecule has 3 rings (SSSR count). The van der Waals surface area contributed by atoms with Gasteiger partial charge in [-0.3, -0.25) is 9.69 Å². The summed E-state index contributed by atoms with van der Waals surface area (Å²) in [5.74, 6) is 1.01. The zero-order chi connectivity index (χ0) is 15.4. The van der Waals surface area contributed by atoms with Crippen molar-refractivity contribution in [1.29, 1.82) is 0 Å². The topological polar surface area (TPSA) is 32.3 Å². The Balaban J connectivity index is 1.56. The van der Waals surface area contributed by atoms with Crippen LogP contribution in [0, 0.1) is 5.92 Å². The first-order valence-electron chi connectivity index (χ1n) is 8.80. The maximum Gasteiger partial charge on any atom is 0.237 e. The Labute approximate surface area is 134 Å². The average Bonchev–Trinajstić information content (AvgIpc) is 2.96. The third-order valence-electron chi connectivity index (χ3n) is 5.18. The maximum atomic E-state index is 12.7. The minimum Gasteiger partial charge on any atom is -0.352 e. The highest BCUT2D eigenvalue weighted by atomic mass is 16.2. The van der Waals surface area contributed by atoms with Gasteiger partial charge < -0.3 is 5.32 Å². The van der Waals surface area contributed by atoms with E-state index in [4.69, 9.17) is 0 Å². The van der Waals surface area contributed by atoms with Crippen molar-refractivity contribution in [2.75, 3.05) is 6.54 Å². The number of carbonyl (C=O) groups excluding carboxylic acids is 1. The quantitative estimate of drug-likeness (QED) is 0.925. The van der Waals surface area contributed by atoms with Crippen molar-refractivity contribution in [2.24, 2.45) is 5.92 Å². The predicted octanol–water partition coefficient (Wildman–Crippen LogP) is 3.35. The second-order valence-electron chi connectivity index (χ2n) is 7.09. The average molecular weight is 300 g/mol. The third-order valence-corrected chi connectivity index (χ3v) is 5.18. The van der Waals surface area contributed by atoms with E-state index in [2.05, 4.69) is 41.4 Å². The summed E-state index contributed by atoms with van der Waals surface area (Å²) in [5.41, 5.74) is 1.30. The Kier molecular flexibility index (Phi) is 5.14. The summed E-state index contributed by atoms with van der Waals surface area (Å²) in [7, 11) is 0. The molecule has 3 atom stereocenters. The maximum absolute atomic E-state index is 12.7. The molecule has 0 spiro atoms. The van der Waals surface area contributed by atoms with Crippen LogP contribution in [0.25, 0.3) is 0 Å². The van der Waals surface area contributed by atoms with Gasteiger partial charge >= 0.3 is 0 Å². The van der Waals surface area contributed by atoms with Gasteiger partial charge in [0.15, 0.2) is 0 Å². The van der Waals surface area contributed by atoms with E-state index in [1.165, 1.54) is 18.4 Å². The van der Waals surface area contributed by atoms with E-state index in [1.807, 2.05) is 6.07 Å². The molecule has 0 aromatic heterocycles. The first kappa shape index (κ1) is 15.5. The third kappa shape index (κ3) is 3.89. The minimum absolute atomic E-state index is 0.0671. The minimum atomic E-state index is 0.0671. The van der Waals surface area contributed by atoms with E-state index in [1.54, 1.807) is 0 Å². The van der Waals surface area contributed by atoms with Gasteiger partial charge in [0.2, 0.25) is 5.91 Å². The molecule has 0 bridgehead atoms. The van der Waals surface area contributed by atoms with Crippen LogP contribution < -0.4 is 5.32 Å². The Morgan fingerprint density at radius 2 is 2.00 bits per heavy atom. The van der Waals surface area contributed by atoms with E-state index in [9.17, 15) is 4.79 Å². The summed E-state index contributed by atoms with van der Waals surface area (Å²) in [6.07, 6.45) is 7.01. The Hall–Kier alpha value is -1.35. The van der Waals surface area contributed by atoms with Crippen LogP contribution in [0.15, 0.2) is 30.3 Å². The number of amides is 1. The summed E-state index contributed by atoms with van der Waals surface area (Å²) < 4.78 is 0. The molecule has 22 heavy (non-hydrogen) atoms. The lowest BCUT2D eigenvalue weighted by molar-refractivity contribution is -0.126. The molecule has 3 nitrogen and oxygen atoms in total. The number of nitrogens with one attached hydrogen (secondary N) is 1. The molecule has 1 aromatic carbocycles. The smallest absolute Gasteiger partial charge is 0.237 e. The van der Waals surface area contributed by atoms with Crippen molar-refractivity contribution < 1.29 is 4.79 Å². The molecule has 1 heterocycles. The van der Waals surface area contributed by atoms with Crippen LogP contribution in [0.4, 0.5) is 0 Å². The number of rotatable bonds is 4. The fraction of sp³-hybridized carbons (Fsp3) is 0.632. The molecule has 120 valence electrons. The summed E-state index contributed by atoms with van der Waals surface area (Å²) in [6, 6.07) is 11.0. The molecule has 2 aliphatic rings. The second kappa shape index (κ2) is 7.28. The van der Waals surface area contributed by atoms with Crippen LogP contribution in [-0.4, -0.2) is 29.4 Å². The monoisotopic (exact) mass is 300 g/mol. The molecule has 1 aliphatic carbocycles. The SMILES string of the molecule is CC1CCCC(NC(=O)C2CCCN2Cc2ccccc2)C1. The summed E-state index contributed by atoms with van der Waals surface area (Å²) in [5, 5.41) is 3.33. The molecule has 1 aliphatic heterocycles. The van der Waals surface area contributed by atoms with Crippen LogP contribution in [0.3, 0.4) is 0 Å². The summed E-state index contributed by atoms with van der Waals surface area (Å²) in [6.45, 7) is 4.23. The van der Waals surface area contributed by atoms with Crippen LogP contribution in [0.2, 0.25) is 0 Å². The van der Waals surface area contributed by atoms with Crippen LogP contribution >= 0.6 is 0 Å². The van der Waals surface area contributed by atoms with Gasteiger partial charge in [-0.15, -0.1) is 0 Å². The van der Waals surface area contributed by atoms with Crippen LogP contribution in [0.1, 0.15) is 51.0 Å². The van der Waals surface area contributed by atoms with E-state index in [0.29, 0.717) is 6.04 Å². The fourth-order valence-electron chi connectivity index (χ4n) is 3.99. The van der Waals surface area contributed by atoms with E-state index >= 15 is 0 Å². The molecule has 0 radical (unpaired) electrons. The van der Waals surface area contributed by atoms with Gasteiger partial charge in [0, 0.05) is 12.6 Å². The van der Waals surface area contributed by atoms with Crippen molar-refractivity contribution in [1.82, 2.24) is 10.2 Å². The van der Waals surface area contributed by atoms with Gasteiger partial charge in [0.05, 0.1) is 6.04 Å². The number of nitrogens with zero attached hydrogens (tertiary/aromatic N) is 1. The van der Waals surface area contributed by atoms with Crippen LogP contribution in [0.5, 0.6) is 0 Å². The fourth-order valence-corrected chi connectivity index (χ4v) is 3.99. The number of benzene rings is 1. The molecular weight excluding hydrogens is 272 g/mol. The van der Waals surface area contributed by atoms with Crippen LogP contribution in [-0.2, 0) is 11.3 Å². The van der Waals surface area contributed by atoms with E-state index in [0.717, 1.165) is 44.7 Å². The van der Waals surface area contributed by atoms with E-state index < -0.39 is 0 Å². The molecule has 1 N–H and O–H groups in total. The lowest BCUT2D eigenvalue weighted by Gasteiger charge is -2.30. The lowest BCUT2D eigenvalue weighted by Crippen LogP contribution is -2.47. The summed E-state index contributed by atoms with van der Waals surface area (Å²) in [4.78, 5) is 15.0. The number of hydrogen-bond acceptors (Lipinski definition) is 2. The highest BCUT2D eigenvalue weighted by Crippen LogP contribution is 2.25. The van der Waals surface area contributed by atoms with Crippen molar-refractivity contribution in [3.05, 3.63) is 35.9 Å². The molecule has 3 unspecified atom stereocenters. The Bertz CT molecular complexity index is 487. The number of carbonyl (C=O) groups is 1. The van der Waals surface area contributed by atoms with Gasteiger partial charge in [0.25, 0.3) is 0 Å². The molecule has 1 amide bonds. The molecule has 3 heteroatoms. The predicted molar refractivity (Wildman–Crippen MR) is 89.4 cm³/mol. The first-order chi connectivity index (χ1) is 10.7. The lowest BCUT2D eigenvalue weighted by atomic mass is 9.87. The van der Waals surface area contributed by atoms with Crippen molar-refractivity contribution >= 4 is 5.91 Å².